The monoisotopic (exact) mass is 297 g/mol. The third-order valence-electron chi connectivity index (χ3n) is 2.80. The van der Waals surface area contributed by atoms with Gasteiger partial charge in [-0.25, -0.2) is 18.6 Å². The summed E-state index contributed by atoms with van der Waals surface area (Å²) in [5, 5.41) is 9.64. The van der Waals surface area contributed by atoms with Crippen molar-refractivity contribution in [3.05, 3.63) is 51.0 Å². The second kappa shape index (κ2) is 5.66. The molecule has 0 saturated heterocycles. The molecule has 1 heterocycles. The third kappa shape index (κ3) is 3.01. The fourth-order valence-corrected chi connectivity index (χ4v) is 2.91. The average molecular weight is 297 g/mol. The maximum absolute atomic E-state index is 13.6. The minimum atomic E-state index is -1.03. The van der Waals surface area contributed by atoms with Crippen LogP contribution in [-0.4, -0.2) is 16.1 Å². The van der Waals surface area contributed by atoms with Gasteiger partial charge < -0.3 is 5.11 Å². The number of benzene rings is 1. The lowest BCUT2D eigenvalue weighted by Crippen LogP contribution is -2.00. The quantitative estimate of drug-likeness (QED) is 0.933. The normalized spacial score (nSPS) is 11.1. The van der Waals surface area contributed by atoms with Crippen molar-refractivity contribution < 1.29 is 18.7 Å². The van der Waals surface area contributed by atoms with Crippen molar-refractivity contribution in [3.63, 3.8) is 0 Å². The van der Waals surface area contributed by atoms with Gasteiger partial charge in [0.25, 0.3) is 0 Å². The van der Waals surface area contributed by atoms with Crippen LogP contribution in [0.25, 0.3) is 0 Å². The zero-order valence-electron chi connectivity index (χ0n) is 11.0. The second-order valence-corrected chi connectivity index (χ2v) is 5.78. The number of halogens is 2. The Hall–Kier alpha value is -1.82. The molecule has 2 rings (SSSR count). The third-order valence-corrected chi connectivity index (χ3v) is 3.85. The average Bonchev–Trinajstić information content (AvgIpc) is 2.77. The molecule has 0 aliphatic rings. The summed E-state index contributed by atoms with van der Waals surface area (Å²) in [6.45, 7) is 3.70. The summed E-state index contributed by atoms with van der Waals surface area (Å²) in [7, 11) is 0. The number of rotatable bonds is 4. The molecule has 20 heavy (non-hydrogen) atoms. The van der Waals surface area contributed by atoms with Crippen molar-refractivity contribution >= 4 is 17.3 Å². The van der Waals surface area contributed by atoms with Crippen molar-refractivity contribution in [2.75, 3.05) is 0 Å². The second-order valence-electron chi connectivity index (χ2n) is 4.69. The Kier molecular flexibility index (Phi) is 4.13. The molecule has 0 bridgehead atoms. The van der Waals surface area contributed by atoms with E-state index in [-0.39, 0.29) is 17.2 Å². The minimum absolute atomic E-state index is 0.0239. The molecule has 106 valence electrons. The van der Waals surface area contributed by atoms with Gasteiger partial charge in [0.15, 0.2) is 0 Å². The van der Waals surface area contributed by atoms with Gasteiger partial charge in [-0.2, -0.15) is 0 Å². The summed E-state index contributed by atoms with van der Waals surface area (Å²) in [6, 6.07) is 3.33. The van der Waals surface area contributed by atoms with Crippen molar-refractivity contribution in [1.29, 1.82) is 0 Å². The Balaban J connectivity index is 2.34. The number of aromatic nitrogens is 1. The highest BCUT2D eigenvalue weighted by atomic mass is 32.1. The van der Waals surface area contributed by atoms with Crippen LogP contribution in [0.15, 0.2) is 18.2 Å². The smallest absolute Gasteiger partial charge is 0.347 e. The van der Waals surface area contributed by atoms with Crippen LogP contribution in [0.4, 0.5) is 8.78 Å². The molecule has 0 unspecified atom stereocenters. The number of thiazole rings is 1. The van der Waals surface area contributed by atoms with E-state index in [2.05, 4.69) is 4.98 Å². The van der Waals surface area contributed by atoms with Gasteiger partial charge in [0, 0.05) is 12.5 Å². The van der Waals surface area contributed by atoms with Crippen molar-refractivity contribution in [2.24, 2.45) is 0 Å². The molecule has 0 spiro atoms. The van der Waals surface area contributed by atoms with E-state index in [1.165, 1.54) is 12.1 Å². The molecule has 3 nitrogen and oxygen atoms in total. The van der Waals surface area contributed by atoms with E-state index in [0.29, 0.717) is 16.3 Å². The summed E-state index contributed by atoms with van der Waals surface area (Å²) >= 11 is 1.03. The van der Waals surface area contributed by atoms with Crippen molar-refractivity contribution in [2.45, 2.75) is 26.2 Å². The summed E-state index contributed by atoms with van der Waals surface area (Å²) in [5.74, 6) is -2.34. The Bertz CT molecular complexity index is 653. The minimum Gasteiger partial charge on any atom is -0.477 e. The molecule has 1 N–H and O–H groups in total. The molecule has 0 aliphatic heterocycles. The zero-order chi connectivity index (χ0) is 14.9. The van der Waals surface area contributed by atoms with E-state index >= 15 is 0 Å². The summed E-state index contributed by atoms with van der Waals surface area (Å²) in [5.41, 5.74) is 0.799. The molecule has 1 aromatic heterocycles. The van der Waals surface area contributed by atoms with Gasteiger partial charge in [-0.1, -0.05) is 19.9 Å². The van der Waals surface area contributed by atoms with Crippen LogP contribution in [0, 0.1) is 11.6 Å². The highest BCUT2D eigenvalue weighted by molar-refractivity contribution is 7.13. The lowest BCUT2D eigenvalue weighted by molar-refractivity contribution is 0.0700. The first-order valence-electron chi connectivity index (χ1n) is 6.05. The van der Waals surface area contributed by atoms with E-state index in [0.717, 1.165) is 17.4 Å². The van der Waals surface area contributed by atoms with Crippen molar-refractivity contribution in [1.82, 2.24) is 4.98 Å². The number of carboxylic acid groups (broad SMARTS) is 1. The van der Waals surface area contributed by atoms with Crippen LogP contribution in [-0.2, 0) is 6.42 Å². The number of nitrogens with zero attached hydrogens (tertiary/aromatic N) is 1. The first-order valence-corrected chi connectivity index (χ1v) is 6.87. The standard InChI is InChI=1S/C14H13F2NO2S/c1-7(2)12-13(14(18)19)20-11(17-12)5-8-3-4-9(15)6-10(8)16/h3-4,6-7H,5H2,1-2H3,(H,18,19). The number of hydrogen-bond acceptors (Lipinski definition) is 3. The lowest BCUT2D eigenvalue weighted by Gasteiger charge is -2.01. The Labute approximate surface area is 118 Å². The van der Waals surface area contributed by atoms with Crippen LogP contribution in [0.1, 0.15) is 45.7 Å². The highest BCUT2D eigenvalue weighted by Crippen LogP contribution is 2.27. The number of carboxylic acids is 1. The molecule has 0 amide bonds. The predicted octanol–water partition coefficient (Wildman–Crippen LogP) is 3.83. The molecule has 1 aromatic carbocycles. The van der Waals surface area contributed by atoms with Gasteiger partial charge in [-0.3, -0.25) is 0 Å². The SMILES string of the molecule is CC(C)c1nc(Cc2ccc(F)cc2F)sc1C(=O)O. The predicted molar refractivity (Wildman–Crippen MR) is 72.3 cm³/mol. The molecule has 0 saturated carbocycles. The first-order chi connectivity index (χ1) is 9.38. The van der Waals surface area contributed by atoms with Gasteiger partial charge >= 0.3 is 5.97 Å². The lowest BCUT2D eigenvalue weighted by atomic mass is 10.1. The molecule has 6 heteroatoms. The molecule has 0 atom stereocenters. The Morgan fingerprint density at radius 2 is 2.10 bits per heavy atom. The summed E-state index contributed by atoms with van der Waals surface area (Å²) in [6.07, 6.45) is 0.157. The van der Waals surface area contributed by atoms with Crippen LogP contribution < -0.4 is 0 Å². The molecule has 2 aromatic rings. The van der Waals surface area contributed by atoms with Gasteiger partial charge in [0.1, 0.15) is 16.5 Å². The molecular formula is C14H13F2NO2S. The Morgan fingerprint density at radius 1 is 1.40 bits per heavy atom. The fraction of sp³-hybridized carbons (Fsp3) is 0.286. The number of aromatic carboxylic acids is 1. The van der Waals surface area contributed by atoms with Gasteiger partial charge in [0.2, 0.25) is 0 Å². The number of hydrogen-bond donors (Lipinski definition) is 1. The topological polar surface area (TPSA) is 50.2 Å². The highest BCUT2D eigenvalue weighted by Gasteiger charge is 2.20. The van der Waals surface area contributed by atoms with Gasteiger partial charge in [-0.05, 0) is 17.5 Å². The van der Waals surface area contributed by atoms with E-state index < -0.39 is 17.6 Å². The van der Waals surface area contributed by atoms with Gasteiger partial charge in [0.05, 0.1) is 10.7 Å². The van der Waals surface area contributed by atoms with E-state index in [1.54, 1.807) is 0 Å². The van der Waals surface area contributed by atoms with Crippen molar-refractivity contribution in [3.8, 4) is 0 Å². The largest absolute Gasteiger partial charge is 0.477 e. The first kappa shape index (κ1) is 14.6. The van der Waals surface area contributed by atoms with E-state index in [1.807, 2.05) is 13.8 Å². The Morgan fingerprint density at radius 3 is 2.60 bits per heavy atom. The summed E-state index contributed by atoms with van der Waals surface area (Å²) in [4.78, 5) is 15.6. The van der Waals surface area contributed by atoms with Crippen LogP contribution >= 0.6 is 11.3 Å². The maximum Gasteiger partial charge on any atom is 0.347 e. The molecule has 0 fully saturated rings. The van der Waals surface area contributed by atoms with Crippen LogP contribution in [0.5, 0.6) is 0 Å². The molecule has 0 radical (unpaired) electrons. The zero-order valence-corrected chi connectivity index (χ0v) is 11.8. The van der Waals surface area contributed by atoms with Crippen LogP contribution in [0.3, 0.4) is 0 Å². The van der Waals surface area contributed by atoms with Crippen LogP contribution in [0.2, 0.25) is 0 Å². The van der Waals surface area contributed by atoms with Gasteiger partial charge in [-0.15, -0.1) is 11.3 Å². The summed E-state index contributed by atoms with van der Waals surface area (Å²) < 4.78 is 26.4. The van der Waals surface area contributed by atoms with E-state index in [4.69, 9.17) is 5.11 Å². The fourth-order valence-electron chi connectivity index (χ4n) is 1.83. The van der Waals surface area contributed by atoms with E-state index in [9.17, 15) is 13.6 Å². The molecular weight excluding hydrogens is 284 g/mol. The maximum atomic E-state index is 13.6. The number of carbonyl (C=O) groups is 1. The molecule has 0 aliphatic carbocycles.